The maximum absolute atomic E-state index is 13.4. The fourth-order valence-corrected chi connectivity index (χ4v) is 6.17. The molecule has 0 aliphatic carbocycles. The molecular formula is C28H26N2O4S. The summed E-state index contributed by atoms with van der Waals surface area (Å²) in [6.07, 6.45) is 4.57. The van der Waals surface area contributed by atoms with Gasteiger partial charge in [-0.15, -0.1) is 11.8 Å². The van der Waals surface area contributed by atoms with Gasteiger partial charge < -0.3 is 14.1 Å². The third-order valence-electron chi connectivity index (χ3n) is 7.36. The van der Waals surface area contributed by atoms with Gasteiger partial charge in [0.15, 0.2) is 5.78 Å². The maximum atomic E-state index is 13.4. The van der Waals surface area contributed by atoms with Crippen molar-refractivity contribution < 1.29 is 14.3 Å². The molecular weight excluding hydrogens is 460 g/mol. The Morgan fingerprint density at radius 1 is 1.09 bits per heavy atom. The number of piperidine rings is 1. The van der Waals surface area contributed by atoms with E-state index in [0.29, 0.717) is 40.1 Å². The number of fused-ring (bicyclic) bond motifs is 5. The molecule has 2 bridgehead atoms. The highest BCUT2D eigenvalue weighted by Gasteiger charge is 2.35. The monoisotopic (exact) mass is 486 g/mol. The lowest BCUT2D eigenvalue weighted by atomic mass is 9.83. The first-order valence-electron chi connectivity index (χ1n) is 11.8. The summed E-state index contributed by atoms with van der Waals surface area (Å²) in [5.74, 6) is 0.700. The molecule has 4 aromatic rings. The number of aromatic hydroxyl groups is 1. The van der Waals surface area contributed by atoms with Crippen molar-refractivity contribution in [3.8, 4) is 5.75 Å². The molecule has 6 nitrogen and oxygen atoms in total. The number of pyridine rings is 1. The highest BCUT2D eigenvalue weighted by atomic mass is 32.2. The van der Waals surface area contributed by atoms with Crippen molar-refractivity contribution >= 4 is 28.5 Å². The molecule has 0 unspecified atom stereocenters. The zero-order valence-corrected chi connectivity index (χ0v) is 20.3. The number of phenolic OH excluding ortho intramolecular Hbond substituents is 1. The smallest absolute Gasteiger partial charge is 0.250 e. The van der Waals surface area contributed by atoms with Crippen LogP contribution in [0, 0.1) is 5.92 Å². The van der Waals surface area contributed by atoms with Crippen molar-refractivity contribution in [3.05, 3.63) is 93.6 Å². The van der Waals surface area contributed by atoms with Crippen molar-refractivity contribution in [2.75, 3.05) is 19.3 Å². The number of nitrogens with zero attached hydrogens (tertiary/aromatic N) is 2. The van der Waals surface area contributed by atoms with Crippen LogP contribution in [0.5, 0.6) is 5.75 Å². The summed E-state index contributed by atoms with van der Waals surface area (Å²) in [5.41, 5.74) is 3.53. The first-order chi connectivity index (χ1) is 17.0. The Bertz CT molecular complexity index is 1490. The minimum Gasteiger partial charge on any atom is -0.508 e. The third-order valence-corrected chi connectivity index (χ3v) is 8.10. The van der Waals surface area contributed by atoms with Crippen LogP contribution in [0.2, 0.25) is 0 Å². The van der Waals surface area contributed by atoms with E-state index in [0.717, 1.165) is 36.6 Å². The number of benzene rings is 2. The number of rotatable bonds is 5. The van der Waals surface area contributed by atoms with E-state index in [2.05, 4.69) is 11.0 Å². The van der Waals surface area contributed by atoms with E-state index < -0.39 is 0 Å². The number of hydrogen-bond acceptors (Lipinski definition) is 6. The molecule has 1 N–H and O–H groups in total. The van der Waals surface area contributed by atoms with Crippen molar-refractivity contribution in [2.45, 2.75) is 30.3 Å². The molecule has 1 saturated heterocycles. The normalized spacial score (nSPS) is 19.6. The predicted molar refractivity (Wildman–Crippen MR) is 136 cm³/mol. The number of carbonyl (C=O) groups is 1. The van der Waals surface area contributed by atoms with Crippen LogP contribution < -0.4 is 5.56 Å². The number of ketones is 1. The lowest BCUT2D eigenvalue weighted by molar-refractivity contribution is 0.103. The van der Waals surface area contributed by atoms with Crippen LogP contribution in [-0.2, 0) is 13.1 Å². The second-order valence-electron chi connectivity index (χ2n) is 9.54. The van der Waals surface area contributed by atoms with Gasteiger partial charge in [0.1, 0.15) is 17.6 Å². The largest absolute Gasteiger partial charge is 0.508 e. The number of furan rings is 1. The highest BCUT2D eigenvalue weighted by molar-refractivity contribution is 7.98. The van der Waals surface area contributed by atoms with Crippen molar-refractivity contribution in [3.63, 3.8) is 0 Å². The van der Waals surface area contributed by atoms with Gasteiger partial charge in [-0.1, -0.05) is 6.07 Å². The number of hydrogen-bond donors (Lipinski definition) is 1. The van der Waals surface area contributed by atoms with E-state index in [1.165, 1.54) is 6.26 Å². The summed E-state index contributed by atoms with van der Waals surface area (Å²) in [6, 6.07) is 16.4. The van der Waals surface area contributed by atoms with Gasteiger partial charge in [0.05, 0.1) is 5.56 Å². The van der Waals surface area contributed by atoms with Crippen LogP contribution in [0.3, 0.4) is 0 Å². The number of carbonyl (C=O) groups excluding carboxylic acids is 1. The number of likely N-dealkylation sites (tertiary alicyclic amines) is 1. The average Bonchev–Trinajstić information content (AvgIpc) is 3.30. The van der Waals surface area contributed by atoms with Gasteiger partial charge in [0, 0.05) is 65.3 Å². The summed E-state index contributed by atoms with van der Waals surface area (Å²) in [4.78, 5) is 29.2. The zero-order valence-electron chi connectivity index (χ0n) is 19.4. The van der Waals surface area contributed by atoms with Gasteiger partial charge in [-0.2, -0.15) is 0 Å². The van der Waals surface area contributed by atoms with Crippen LogP contribution in [0.15, 0.2) is 75.0 Å². The van der Waals surface area contributed by atoms with Gasteiger partial charge in [-0.3, -0.25) is 14.5 Å². The number of aromatic nitrogens is 1. The fraction of sp³-hybridized carbons (Fsp3) is 0.286. The maximum Gasteiger partial charge on any atom is 0.250 e. The quantitative estimate of drug-likeness (QED) is 0.320. The predicted octanol–water partition coefficient (Wildman–Crippen LogP) is 4.87. The van der Waals surface area contributed by atoms with Gasteiger partial charge in [0.25, 0.3) is 5.56 Å². The molecule has 7 heteroatoms. The minimum atomic E-state index is -0.118. The molecule has 2 aromatic heterocycles. The van der Waals surface area contributed by atoms with Gasteiger partial charge in [0.2, 0.25) is 0 Å². The van der Waals surface area contributed by atoms with E-state index in [-0.39, 0.29) is 23.0 Å². The SMILES string of the molecule is CSc1ccc(C(=O)c2coc3ccc(O)c(CN4C[C@H]5C[C@@H](C4)c4cccc(=O)n4C5)c23)cc1. The van der Waals surface area contributed by atoms with E-state index >= 15 is 0 Å². The summed E-state index contributed by atoms with van der Waals surface area (Å²) in [6.45, 7) is 2.87. The van der Waals surface area contributed by atoms with Crippen LogP contribution >= 0.6 is 11.8 Å². The lowest BCUT2D eigenvalue weighted by Crippen LogP contribution is -2.46. The molecule has 2 aliphatic rings. The highest BCUT2D eigenvalue weighted by Crippen LogP contribution is 2.38. The summed E-state index contributed by atoms with van der Waals surface area (Å²) >= 11 is 1.63. The Labute approximate surface area is 207 Å². The van der Waals surface area contributed by atoms with E-state index in [1.54, 1.807) is 30.0 Å². The van der Waals surface area contributed by atoms with Crippen molar-refractivity contribution in [2.24, 2.45) is 5.92 Å². The Hall–Kier alpha value is -3.29. The molecule has 2 aromatic carbocycles. The van der Waals surface area contributed by atoms with Crippen molar-refractivity contribution in [1.29, 1.82) is 0 Å². The molecule has 2 aliphatic heterocycles. The first-order valence-corrected chi connectivity index (χ1v) is 13.1. The second kappa shape index (κ2) is 8.73. The Morgan fingerprint density at radius 3 is 2.71 bits per heavy atom. The van der Waals surface area contributed by atoms with Crippen LogP contribution in [0.1, 0.15) is 39.5 Å². The molecule has 178 valence electrons. The van der Waals surface area contributed by atoms with Crippen molar-refractivity contribution in [1.82, 2.24) is 9.47 Å². The standard InChI is InChI=1S/C28H26N2O4S/c1-35-20-7-5-18(6-8-20)28(33)22-16-34-25-10-9-24(31)21(27(22)25)15-29-12-17-11-19(14-29)23-3-2-4-26(32)30(23)13-17/h2-10,16-17,19,31H,11-15H2,1H3/t17-,19+/m1/s1. The molecule has 6 rings (SSSR count). The second-order valence-corrected chi connectivity index (χ2v) is 10.4. The summed E-state index contributed by atoms with van der Waals surface area (Å²) in [7, 11) is 0. The van der Waals surface area contributed by atoms with E-state index in [4.69, 9.17) is 4.42 Å². The van der Waals surface area contributed by atoms with E-state index in [9.17, 15) is 14.7 Å². The summed E-state index contributed by atoms with van der Waals surface area (Å²) in [5, 5.41) is 11.5. The third kappa shape index (κ3) is 3.89. The molecule has 35 heavy (non-hydrogen) atoms. The van der Waals surface area contributed by atoms with Gasteiger partial charge in [-0.05, 0) is 61.1 Å². The Kier molecular flexibility index (Phi) is 5.54. The van der Waals surface area contributed by atoms with Gasteiger partial charge in [-0.25, -0.2) is 0 Å². The molecule has 1 fully saturated rings. The topological polar surface area (TPSA) is 75.7 Å². The molecule has 0 saturated carbocycles. The summed E-state index contributed by atoms with van der Waals surface area (Å²) < 4.78 is 7.68. The van der Waals surface area contributed by atoms with Crippen LogP contribution in [0.25, 0.3) is 11.0 Å². The fourth-order valence-electron chi connectivity index (χ4n) is 5.76. The average molecular weight is 487 g/mol. The van der Waals surface area contributed by atoms with Crippen LogP contribution in [0.4, 0.5) is 0 Å². The molecule has 4 heterocycles. The number of phenols is 1. The molecule has 0 amide bonds. The lowest BCUT2D eigenvalue weighted by Gasteiger charge is -2.42. The minimum absolute atomic E-state index is 0.0696. The first kappa shape index (κ1) is 22.2. The van der Waals surface area contributed by atoms with Gasteiger partial charge >= 0.3 is 0 Å². The van der Waals surface area contributed by atoms with Crippen LogP contribution in [-0.4, -0.2) is 39.7 Å². The van der Waals surface area contributed by atoms with E-state index in [1.807, 2.05) is 41.2 Å². The Balaban J connectivity index is 1.34. The molecule has 0 spiro atoms. The molecule has 2 atom stereocenters. The Morgan fingerprint density at radius 2 is 1.91 bits per heavy atom. The zero-order chi connectivity index (χ0) is 24.1. The number of thioether (sulfide) groups is 1. The molecule has 0 radical (unpaired) electrons.